The highest BCUT2D eigenvalue weighted by Gasteiger charge is 2.33. The first-order chi connectivity index (χ1) is 7.54. The first-order valence-corrected chi connectivity index (χ1v) is 7.54. The lowest BCUT2D eigenvalue weighted by Gasteiger charge is -2.40. The molecule has 0 amide bonds. The van der Waals surface area contributed by atoms with Gasteiger partial charge in [-0.1, -0.05) is 68.2 Å². The molecule has 0 aromatic heterocycles. The molecule has 0 aromatic rings. The number of hydrogen-bond donors (Lipinski definition) is 0. The second-order valence-electron chi connectivity index (χ2n) is 8.40. The molecule has 0 fully saturated rings. The van der Waals surface area contributed by atoms with E-state index in [1.165, 1.54) is 38.5 Å². The molecule has 0 N–H and O–H groups in total. The number of hydrogen-bond acceptors (Lipinski definition) is 0. The van der Waals surface area contributed by atoms with Gasteiger partial charge in [0.25, 0.3) is 0 Å². The quantitative estimate of drug-likeness (QED) is 0.501. The maximum Gasteiger partial charge on any atom is -0.0295 e. The fraction of sp³-hybridized carbons (Fsp3) is 1.00. The Morgan fingerprint density at radius 3 is 1.47 bits per heavy atom. The van der Waals surface area contributed by atoms with Gasteiger partial charge in [-0.3, -0.25) is 0 Å². The van der Waals surface area contributed by atoms with Crippen LogP contribution in [0.15, 0.2) is 0 Å². The summed E-state index contributed by atoms with van der Waals surface area (Å²) in [5.74, 6) is 0. The Hall–Kier alpha value is 0. The summed E-state index contributed by atoms with van der Waals surface area (Å²) >= 11 is 0. The highest BCUT2D eigenvalue weighted by molar-refractivity contribution is 4.84. The molecule has 0 aliphatic carbocycles. The molecular formula is C17H36. The summed E-state index contributed by atoms with van der Waals surface area (Å²) in [4.78, 5) is 0. The Kier molecular flexibility index (Phi) is 6.25. The van der Waals surface area contributed by atoms with Crippen LogP contribution in [-0.2, 0) is 0 Å². The van der Waals surface area contributed by atoms with Crippen molar-refractivity contribution in [2.45, 2.75) is 93.9 Å². The van der Waals surface area contributed by atoms with Gasteiger partial charge < -0.3 is 0 Å². The van der Waals surface area contributed by atoms with Crippen molar-refractivity contribution in [3.63, 3.8) is 0 Å². The standard InChI is InChI=1S/C17H36/c1-9-11-17(10-2,14-16(6,7)8)13-12-15(3,4)5/h9-14H2,1-8H3. The summed E-state index contributed by atoms with van der Waals surface area (Å²) in [6.45, 7) is 19.0. The Balaban J connectivity index is 4.70. The second kappa shape index (κ2) is 6.25. The minimum absolute atomic E-state index is 0.461. The largest absolute Gasteiger partial charge is 0.0654 e. The van der Waals surface area contributed by atoms with Crippen molar-refractivity contribution in [2.75, 3.05) is 0 Å². The third-order valence-corrected chi connectivity index (χ3v) is 3.84. The molecule has 0 saturated carbocycles. The molecule has 0 heterocycles. The molecule has 0 heteroatoms. The molecular weight excluding hydrogens is 204 g/mol. The summed E-state index contributed by atoms with van der Waals surface area (Å²) in [5.41, 5.74) is 1.52. The molecule has 0 aliphatic rings. The van der Waals surface area contributed by atoms with Gasteiger partial charge in [-0.05, 0) is 41.9 Å². The molecule has 0 bridgehead atoms. The van der Waals surface area contributed by atoms with Crippen LogP contribution < -0.4 is 0 Å². The van der Waals surface area contributed by atoms with Crippen LogP contribution in [0.2, 0.25) is 0 Å². The van der Waals surface area contributed by atoms with Crippen molar-refractivity contribution >= 4 is 0 Å². The smallest absolute Gasteiger partial charge is 0.0295 e. The summed E-state index contributed by atoms with van der Waals surface area (Å²) in [7, 11) is 0. The van der Waals surface area contributed by atoms with Gasteiger partial charge in [-0.15, -0.1) is 0 Å². The predicted octanol–water partition coefficient (Wildman–Crippen LogP) is 6.45. The fourth-order valence-electron chi connectivity index (χ4n) is 3.08. The Morgan fingerprint density at radius 1 is 0.647 bits per heavy atom. The van der Waals surface area contributed by atoms with E-state index in [2.05, 4.69) is 55.4 Å². The van der Waals surface area contributed by atoms with Crippen LogP contribution >= 0.6 is 0 Å². The SMILES string of the molecule is CCCC(CC)(CCC(C)(C)C)CC(C)(C)C. The van der Waals surface area contributed by atoms with E-state index in [-0.39, 0.29) is 0 Å². The second-order valence-corrected chi connectivity index (χ2v) is 8.40. The molecule has 0 aliphatic heterocycles. The van der Waals surface area contributed by atoms with E-state index in [9.17, 15) is 0 Å². The van der Waals surface area contributed by atoms with Gasteiger partial charge in [-0.2, -0.15) is 0 Å². The van der Waals surface area contributed by atoms with Crippen LogP contribution in [0, 0.1) is 16.2 Å². The molecule has 0 saturated heterocycles. The van der Waals surface area contributed by atoms with Gasteiger partial charge in [-0.25, -0.2) is 0 Å². The van der Waals surface area contributed by atoms with Crippen LogP contribution in [0.1, 0.15) is 93.9 Å². The Labute approximate surface area is 111 Å². The molecule has 0 spiro atoms. The Morgan fingerprint density at radius 2 is 1.18 bits per heavy atom. The average Bonchev–Trinajstić information content (AvgIpc) is 2.11. The van der Waals surface area contributed by atoms with Crippen LogP contribution in [-0.4, -0.2) is 0 Å². The fourth-order valence-corrected chi connectivity index (χ4v) is 3.08. The van der Waals surface area contributed by atoms with Crippen molar-refractivity contribution in [3.05, 3.63) is 0 Å². The maximum atomic E-state index is 2.39. The van der Waals surface area contributed by atoms with Gasteiger partial charge >= 0.3 is 0 Å². The first-order valence-electron chi connectivity index (χ1n) is 7.54. The van der Waals surface area contributed by atoms with E-state index in [1.807, 2.05) is 0 Å². The molecule has 1 atom stereocenters. The van der Waals surface area contributed by atoms with Gasteiger partial charge in [0, 0.05) is 0 Å². The van der Waals surface area contributed by atoms with Gasteiger partial charge in [0.05, 0.1) is 0 Å². The van der Waals surface area contributed by atoms with Crippen LogP contribution in [0.5, 0.6) is 0 Å². The lowest BCUT2D eigenvalue weighted by atomic mass is 9.65. The molecule has 1 unspecified atom stereocenters. The van der Waals surface area contributed by atoms with E-state index in [4.69, 9.17) is 0 Å². The zero-order valence-corrected chi connectivity index (χ0v) is 13.7. The molecule has 0 rings (SSSR count). The number of rotatable bonds is 6. The molecule has 0 radical (unpaired) electrons. The zero-order chi connectivity index (χ0) is 13.7. The van der Waals surface area contributed by atoms with Crippen molar-refractivity contribution in [1.82, 2.24) is 0 Å². The average molecular weight is 240 g/mol. The third kappa shape index (κ3) is 7.84. The zero-order valence-electron chi connectivity index (χ0n) is 13.7. The van der Waals surface area contributed by atoms with Gasteiger partial charge in [0.2, 0.25) is 0 Å². The van der Waals surface area contributed by atoms with Crippen molar-refractivity contribution in [1.29, 1.82) is 0 Å². The monoisotopic (exact) mass is 240 g/mol. The van der Waals surface area contributed by atoms with Crippen molar-refractivity contribution < 1.29 is 0 Å². The normalized spacial score (nSPS) is 16.9. The van der Waals surface area contributed by atoms with E-state index < -0.39 is 0 Å². The lowest BCUT2D eigenvalue weighted by molar-refractivity contribution is 0.116. The Bertz CT molecular complexity index is 201. The van der Waals surface area contributed by atoms with E-state index in [0.717, 1.165) is 0 Å². The summed E-state index contributed by atoms with van der Waals surface area (Å²) < 4.78 is 0. The van der Waals surface area contributed by atoms with E-state index >= 15 is 0 Å². The molecule has 0 nitrogen and oxygen atoms in total. The van der Waals surface area contributed by atoms with Crippen LogP contribution in [0.4, 0.5) is 0 Å². The summed E-state index contributed by atoms with van der Waals surface area (Å²) in [6, 6.07) is 0. The van der Waals surface area contributed by atoms with Crippen LogP contribution in [0.25, 0.3) is 0 Å². The van der Waals surface area contributed by atoms with Crippen LogP contribution in [0.3, 0.4) is 0 Å². The minimum atomic E-state index is 0.461. The third-order valence-electron chi connectivity index (χ3n) is 3.84. The first kappa shape index (κ1) is 17.0. The summed E-state index contributed by atoms with van der Waals surface area (Å²) in [6.07, 6.45) is 8.20. The lowest BCUT2D eigenvalue weighted by Crippen LogP contribution is -2.28. The minimum Gasteiger partial charge on any atom is -0.0654 e. The van der Waals surface area contributed by atoms with Crippen molar-refractivity contribution in [2.24, 2.45) is 16.2 Å². The summed E-state index contributed by atoms with van der Waals surface area (Å²) in [5, 5.41) is 0. The maximum absolute atomic E-state index is 2.39. The van der Waals surface area contributed by atoms with Crippen molar-refractivity contribution in [3.8, 4) is 0 Å². The molecule has 17 heavy (non-hydrogen) atoms. The van der Waals surface area contributed by atoms with E-state index in [0.29, 0.717) is 16.2 Å². The van der Waals surface area contributed by atoms with Gasteiger partial charge in [0.15, 0.2) is 0 Å². The molecule has 0 aromatic carbocycles. The highest BCUT2D eigenvalue weighted by Crippen LogP contribution is 2.45. The topological polar surface area (TPSA) is 0 Å². The van der Waals surface area contributed by atoms with Gasteiger partial charge in [0.1, 0.15) is 0 Å². The highest BCUT2D eigenvalue weighted by atomic mass is 14.4. The predicted molar refractivity (Wildman–Crippen MR) is 80.4 cm³/mol. The molecule has 104 valence electrons. The van der Waals surface area contributed by atoms with E-state index in [1.54, 1.807) is 0 Å².